The number of carbonyl (C=O) groups excluding carboxylic acids is 2. The fourth-order valence-corrected chi connectivity index (χ4v) is 10.4. The molecule has 8 rings (SSSR count). The molecule has 390 valence electrons. The van der Waals surface area contributed by atoms with Gasteiger partial charge < -0.3 is 41.0 Å². The van der Waals surface area contributed by atoms with Gasteiger partial charge in [0.2, 0.25) is 23.6 Å². The van der Waals surface area contributed by atoms with Crippen molar-refractivity contribution in [1.29, 1.82) is 0 Å². The molecule has 0 bridgehead atoms. The van der Waals surface area contributed by atoms with E-state index in [0.29, 0.717) is 58.0 Å². The largest absolute Gasteiger partial charge is 0.471 e. The van der Waals surface area contributed by atoms with Crippen LogP contribution >= 0.6 is 0 Å². The summed E-state index contributed by atoms with van der Waals surface area (Å²) in [5.74, 6) is -1.02. The van der Waals surface area contributed by atoms with Crippen LogP contribution < -0.4 is 30.7 Å². The lowest BCUT2D eigenvalue weighted by Gasteiger charge is -2.47. The van der Waals surface area contributed by atoms with Gasteiger partial charge in [-0.15, -0.1) is 0 Å². The zero-order valence-electron chi connectivity index (χ0n) is 42.4. The number of ether oxygens (including phenoxy) is 2. The third kappa shape index (κ3) is 12.8. The molecule has 0 saturated heterocycles. The molecule has 2 saturated carbocycles. The second-order valence-electron chi connectivity index (χ2n) is 23.0. The number of pyridine rings is 2. The van der Waals surface area contributed by atoms with Crippen molar-refractivity contribution in [3.63, 3.8) is 0 Å². The number of amides is 2. The van der Waals surface area contributed by atoms with Crippen LogP contribution in [-0.2, 0) is 22.4 Å². The summed E-state index contributed by atoms with van der Waals surface area (Å²) < 4.78 is 72.0. The average Bonchev–Trinajstić information content (AvgIpc) is 3.32. The number of halogens is 4. The predicted octanol–water partition coefficient (Wildman–Crippen LogP) is 9.20. The molecule has 2 aromatic heterocycles. The number of aromatic nitrogens is 2. The molecule has 4 aliphatic rings. The molecule has 2 aliphatic heterocycles. The molecule has 2 amide bonds. The molecule has 0 radical (unpaired) electrons. The van der Waals surface area contributed by atoms with Crippen LogP contribution in [0.3, 0.4) is 0 Å². The summed E-state index contributed by atoms with van der Waals surface area (Å²) >= 11 is 0. The third-order valence-electron chi connectivity index (χ3n) is 15.1. The SMILES string of the molecule is CC(C)(C)[C@H](F)c1cnc2c(c1)[C@@H](NC[C@H](O)[C@H](Cc1ccc(F)cc1)NC(=O)CCC(=O)N[C@@H](Cc1ccc(F)cc1)[C@@H](O)CN[C@H]1CC3(CCC3)Oc3ncc([C@H](F)C(C)(C)C)cc31)CC1(CCC1)O2. The Morgan fingerprint density at radius 1 is 0.639 bits per heavy atom. The third-order valence-corrected chi connectivity index (χ3v) is 15.1. The highest BCUT2D eigenvalue weighted by atomic mass is 19.1. The molecule has 2 aliphatic carbocycles. The molecule has 2 fully saturated rings. The van der Waals surface area contributed by atoms with Crippen molar-refractivity contribution in [2.75, 3.05) is 13.1 Å². The monoisotopic (exact) mass is 1000 g/mol. The van der Waals surface area contributed by atoms with Crippen LogP contribution in [0.1, 0.15) is 164 Å². The normalized spacial score (nSPS) is 21.3. The van der Waals surface area contributed by atoms with Gasteiger partial charge in [0.1, 0.15) is 35.2 Å². The zero-order valence-corrected chi connectivity index (χ0v) is 42.4. The van der Waals surface area contributed by atoms with Crippen LogP contribution in [0.2, 0.25) is 0 Å². The molecular weight excluding hydrogens is 929 g/mol. The Hall–Kier alpha value is -5.16. The second kappa shape index (κ2) is 21.7. The quantitative estimate of drug-likeness (QED) is 0.0499. The van der Waals surface area contributed by atoms with Crippen LogP contribution in [0.25, 0.3) is 0 Å². The molecule has 2 spiro atoms. The zero-order chi connectivity index (χ0) is 51.6. The summed E-state index contributed by atoms with van der Waals surface area (Å²) in [6.07, 6.45) is 4.53. The Morgan fingerprint density at radius 2 is 1.00 bits per heavy atom. The van der Waals surface area contributed by atoms with Crippen LogP contribution in [0.15, 0.2) is 73.1 Å². The highest BCUT2D eigenvalue weighted by Gasteiger charge is 2.48. The van der Waals surface area contributed by atoms with Crippen molar-refractivity contribution in [3.05, 3.63) is 118 Å². The molecule has 16 heteroatoms. The molecule has 12 nitrogen and oxygen atoms in total. The van der Waals surface area contributed by atoms with E-state index in [0.717, 1.165) is 38.5 Å². The second-order valence-corrected chi connectivity index (χ2v) is 23.0. The molecule has 4 aromatic rings. The lowest BCUT2D eigenvalue weighted by molar-refractivity contribution is -0.128. The van der Waals surface area contributed by atoms with Crippen molar-refractivity contribution in [2.24, 2.45) is 10.8 Å². The fourth-order valence-electron chi connectivity index (χ4n) is 10.4. The van der Waals surface area contributed by atoms with E-state index in [9.17, 15) is 28.6 Å². The summed E-state index contributed by atoms with van der Waals surface area (Å²) in [5, 5.41) is 36.4. The number of nitrogens with zero attached hydrogens (tertiary/aromatic N) is 2. The van der Waals surface area contributed by atoms with Gasteiger partial charge in [0.05, 0.1) is 24.3 Å². The van der Waals surface area contributed by atoms with Gasteiger partial charge in [0.25, 0.3) is 0 Å². The van der Waals surface area contributed by atoms with Crippen molar-refractivity contribution >= 4 is 11.8 Å². The van der Waals surface area contributed by atoms with E-state index in [1.807, 2.05) is 41.5 Å². The van der Waals surface area contributed by atoms with E-state index < -0.39 is 82.1 Å². The lowest BCUT2D eigenvalue weighted by Crippen LogP contribution is -2.53. The van der Waals surface area contributed by atoms with E-state index in [1.165, 1.54) is 36.7 Å². The number of hydrogen-bond donors (Lipinski definition) is 6. The van der Waals surface area contributed by atoms with Gasteiger partial charge in [-0.2, -0.15) is 0 Å². The Labute approximate surface area is 420 Å². The molecule has 8 atom stereocenters. The maximum Gasteiger partial charge on any atom is 0.220 e. The minimum atomic E-state index is -1.28. The summed E-state index contributed by atoms with van der Waals surface area (Å²) in [6, 6.07) is 12.8. The lowest BCUT2D eigenvalue weighted by atomic mass is 9.73. The van der Waals surface area contributed by atoms with Gasteiger partial charge in [0, 0.05) is 85.5 Å². The molecule has 2 aromatic carbocycles. The van der Waals surface area contributed by atoms with Crippen molar-refractivity contribution in [1.82, 2.24) is 31.2 Å². The first kappa shape index (κ1) is 53.1. The molecule has 4 heterocycles. The van der Waals surface area contributed by atoms with Gasteiger partial charge in [-0.05, 0) is 110 Å². The van der Waals surface area contributed by atoms with Crippen molar-refractivity contribution in [2.45, 2.75) is 179 Å². The highest BCUT2D eigenvalue weighted by molar-refractivity contribution is 5.84. The summed E-state index contributed by atoms with van der Waals surface area (Å²) in [4.78, 5) is 36.6. The van der Waals surface area contributed by atoms with E-state index in [-0.39, 0.29) is 50.9 Å². The number of alkyl halides is 2. The smallest absolute Gasteiger partial charge is 0.220 e. The number of fused-ring (bicyclic) bond motifs is 2. The van der Waals surface area contributed by atoms with Crippen LogP contribution in [-0.4, -0.2) is 80.6 Å². The Balaban J connectivity index is 0.928. The van der Waals surface area contributed by atoms with Gasteiger partial charge in [-0.3, -0.25) is 9.59 Å². The molecule has 0 unspecified atom stereocenters. The summed E-state index contributed by atoms with van der Waals surface area (Å²) in [5.41, 5.74) is 1.45. The first-order valence-corrected chi connectivity index (χ1v) is 25.6. The van der Waals surface area contributed by atoms with Crippen LogP contribution in [0, 0.1) is 22.5 Å². The standard InChI is InChI=1S/C56H72F4N6O6/c1-53(2,3)49(59)35-25-39-43(27-55(19-7-20-55)71-51(39)63-29-35)61-31-45(67)41(23-33-9-13-37(57)14-10-33)65-47(69)17-18-48(70)66-42(24-34-11-15-38(58)16-12-34)46(68)32-62-44-28-56(21-8-22-56)72-52-40(44)26-36(30-64-52)50(60)54(4,5)6/h9-16,25-26,29-30,41-46,49-50,61-62,67-68H,7-8,17-24,27-28,31-32H2,1-6H3,(H,65,69)(H,66,70)/t41-,42-,43-,44-,45-,46-,49-,50+/m0/s1. The average molecular weight is 1000 g/mol. The number of benzene rings is 2. The van der Waals surface area contributed by atoms with E-state index in [2.05, 4.69) is 31.2 Å². The number of rotatable bonds is 19. The van der Waals surface area contributed by atoms with E-state index >= 15 is 8.78 Å². The highest BCUT2D eigenvalue weighted by Crippen LogP contribution is 2.51. The molecular formula is C56H72F4N6O6. The number of nitrogens with one attached hydrogen (secondary N) is 4. The molecule has 72 heavy (non-hydrogen) atoms. The van der Waals surface area contributed by atoms with Crippen LogP contribution in [0.5, 0.6) is 11.8 Å². The minimum Gasteiger partial charge on any atom is -0.471 e. The van der Waals surface area contributed by atoms with Gasteiger partial charge in [0.15, 0.2) is 0 Å². The minimum absolute atomic E-state index is 0.0256. The van der Waals surface area contributed by atoms with Crippen molar-refractivity contribution < 1.29 is 46.8 Å². The number of aliphatic hydroxyl groups excluding tert-OH is 2. The van der Waals surface area contributed by atoms with Crippen LogP contribution in [0.4, 0.5) is 17.6 Å². The van der Waals surface area contributed by atoms with Gasteiger partial charge in [-0.1, -0.05) is 65.8 Å². The molecule has 6 N–H and O–H groups in total. The number of carbonyl (C=O) groups is 2. The number of aliphatic hydroxyl groups is 2. The first-order valence-electron chi connectivity index (χ1n) is 25.6. The Kier molecular flexibility index (Phi) is 16.0. The van der Waals surface area contributed by atoms with E-state index in [1.54, 1.807) is 36.4 Å². The maximum atomic E-state index is 15.6. The van der Waals surface area contributed by atoms with Gasteiger partial charge >= 0.3 is 0 Å². The van der Waals surface area contributed by atoms with Gasteiger partial charge in [-0.25, -0.2) is 27.5 Å². The van der Waals surface area contributed by atoms with E-state index in [4.69, 9.17) is 9.47 Å². The Morgan fingerprint density at radius 3 is 1.32 bits per heavy atom. The Bertz CT molecular complexity index is 2340. The summed E-state index contributed by atoms with van der Waals surface area (Å²) in [6.45, 7) is 11.0. The number of hydrogen-bond acceptors (Lipinski definition) is 10. The first-order chi connectivity index (χ1) is 34.1. The fraction of sp³-hybridized carbons (Fsp3) is 0.571. The maximum absolute atomic E-state index is 15.6. The summed E-state index contributed by atoms with van der Waals surface area (Å²) in [7, 11) is 0. The predicted molar refractivity (Wildman–Crippen MR) is 266 cm³/mol. The topological polar surface area (TPSA) is 167 Å². The van der Waals surface area contributed by atoms with Crippen molar-refractivity contribution in [3.8, 4) is 11.8 Å².